The second kappa shape index (κ2) is 11.0. The lowest BCUT2D eigenvalue weighted by Gasteiger charge is -2.17. The summed E-state index contributed by atoms with van der Waals surface area (Å²) in [6, 6.07) is 25.2. The first-order valence-electron chi connectivity index (χ1n) is 11.9. The molecule has 182 valence electrons. The molecule has 1 heterocycles. The van der Waals surface area contributed by atoms with Crippen molar-refractivity contribution in [2.24, 2.45) is 5.10 Å². The first-order valence-corrected chi connectivity index (χ1v) is 12.6. The Hall–Kier alpha value is -3.54. The molecular formula is C29H25Cl2N3O2. The van der Waals surface area contributed by atoms with Gasteiger partial charge in [-0.25, -0.2) is 5.43 Å². The van der Waals surface area contributed by atoms with Gasteiger partial charge in [-0.2, -0.15) is 5.10 Å². The van der Waals surface area contributed by atoms with Crippen molar-refractivity contribution >= 4 is 51.8 Å². The van der Waals surface area contributed by atoms with E-state index in [9.17, 15) is 4.79 Å². The molecule has 0 spiro atoms. The van der Waals surface area contributed by atoms with Gasteiger partial charge in [-0.3, -0.25) is 4.79 Å². The summed E-state index contributed by atoms with van der Waals surface area (Å²) >= 11 is 12.9. The lowest BCUT2D eigenvalue weighted by Crippen LogP contribution is -2.19. The van der Waals surface area contributed by atoms with E-state index < -0.39 is 0 Å². The number of hydrazone groups is 1. The number of carbonyl (C=O) groups excluding carboxylic acids is 1. The van der Waals surface area contributed by atoms with Crippen molar-refractivity contribution < 1.29 is 9.53 Å². The van der Waals surface area contributed by atoms with Crippen molar-refractivity contribution in [2.45, 2.75) is 19.4 Å². The summed E-state index contributed by atoms with van der Waals surface area (Å²) < 4.78 is 5.98. The largest absolute Gasteiger partial charge is 0.486 e. The quantitative estimate of drug-likeness (QED) is 0.210. The van der Waals surface area contributed by atoms with Crippen LogP contribution in [-0.2, 0) is 6.61 Å². The van der Waals surface area contributed by atoms with Crippen molar-refractivity contribution in [3.05, 3.63) is 106 Å². The van der Waals surface area contributed by atoms with E-state index in [-0.39, 0.29) is 5.91 Å². The molecule has 1 fully saturated rings. The molecule has 1 aliphatic rings. The number of nitrogens with zero attached hydrogens (tertiary/aromatic N) is 2. The zero-order chi connectivity index (χ0) is 24.9. The zero-order valence-corrected chi connectivity index (χ0v) is 21.1. The second-order valence-corrected chi connectivity index (χ2v) is 9.50. The van der Waals surface area contributed by atoms with Crippen LogP contribution >= 0.6 is 23.2 Å². The minimum Gasteiger partial charge on any atom is -0.486 e. The third-order valence-electron chi connectivity index (χ3n) is 6.25. The van der Waals surface area contributed by atoms with E-state index in [2.05, 4.69) is 33.6 Å². The second-order valence-electron chi connectivity index (χ2n) is 8.68. The molecule has 7 heteroatoms. The Labute approximate surface area is 220 Å². The van der Waals surface area contributed by atoms with E-state index in [4.69, 9.17) is 27.9 Å². The molecule has 0 aliphatic carbocycles. The summed E-state index contributed by atoms with van der Waals surface area (Å²) in [6.07, 6.45) is 3.92. The smallest absolute Gasteiger partial charge is 0.271 e. The van der Waals surface area contributed by atoms with Gasteiger partial charge in [0.2, 0.25) is 0 Å². The van der Waals surface area contributed by atoms with Crippen molar-refractivity contribution in [1.82, 2.24) is 5.43 Å². The lowest BCUT2D eigenvalue weighted by atomic mass is 10.1. The van der Waals surface area contributed by atoms with Crippen LogP contribution in [-0.4, -0.2) is 25.2 Å². The van der Waals surface area contributed by atoms with Gasteiger partial charge in [0.25, 0.3) is 5.91 Å². The number of fused-ring (bicyclic) bond motifs is 1. The number of hydrogen-bond acceptors (Lipinski definition) is 4. The van der Waals surface area contributed by atoms with Crippen LogP contribution in [0, 0.1) is 0 Å². The van der Waals surface area contributed by atoms with Gasteiger partial charge in [0.15, 0.2) is 5.75 Å². The van der Waals surface area contributed by atoms with Crippen molar-refractivity contribution in [3.8, 4) is 5.75 Å². The number of amides is 1. The third-order valence-corrected chi connectivity index (χ3v) is 6.81. The highest BCUT2D eigenvalue weighted by Gasteiger charge is 2.13. The number of nitrogens with one attached hydrogen (secondary N) is 1. The molecule has 0 atom stereocenters. The van der Waals surface area contributed by atoms with Crippen LogP contribution in [0.15, 0.2) is 84.0 Å². The van der Waals surface area contributed by atoms with Crippen LogP contribution in [0.2, 0.25) is 10.0 Å². The standard InChI is InChI=1S/C29H25Cl2N3O2/c30-26-16-20(18-32-33-29(35)22-10-12-24(13-11-22)34-14-3-4-15-34)17-27(31)28(26)36-19-23-8-5-7-21-6-1-2-9-25(21)23/h1-2,5-13,16-18H,3-4,14-15,19H2,(H,33,35)/b32-18-. The van der Waals surface area contributed by atoms with Crippen LogP contribution in [0.5, 0.6) is 5.75 Å². The van der Waals surface area contributed by atoms with Crippen LogP contribution in [0.1, 0.15) is 34.3 Å². The Bertz CT molecular complexity index is 1390. The summed E-state index contributed by atoms with van der Waals surface area (Å²) in [5.74, 6) is 0.122. The van der Waals surface area contributed by atoms with E-state index in [0.717, 1.165) is 35.1 Å². The topological polar surface area (TPSA) is 53.9 Å². The molecule has 4 aromatic rings. The number of rotatable bonds is 7. The molecule has 1 saturated heterocycles. The molecule has 0 aromatic heterocycles. The fourth-order valence-corrected chi connectivity index (χ4v) is 5.00. The Morgan fingerprint density at radius 1 is 0.944 bits per heavy atom. The van der Waals surface area contributed by atoms with Gasteiger partial charge < -0.3 is 9.64 Å². The molecule has 0 bridgehead atoms. The Balaban J connectivity index is 1.21. The van der Waals surface area contributed by atoms with E-state index in [1.165, 1.54) is 19.1 Å². The average molecular weight is 518 g/mol. The third kappa shape index (κ3) is 5.48. The number of halogens is 2. The monoisotopic (exact) mass is 517 g/mol. The SMILES string of the molecule is O=C(N/N=C\c1cc(Cl)c(OCc2cccc3ccccc23)c(Cl)c1)c1ccc(N2CCCC2)cc1. The molecule has 4 aromatic carbocycles. The summed E-state index contributed by atoms with van der Waals surface area (Å²) in [5, 5.41) is 7.07. The van der Waals surface area contributed by atoms with E-state index >= 15 is 0 Å². The molecule has 0 unspecified atom stereocenters. The van der Waals surface area contributed by atoms with Crippen molar-refractivity contribution in [1.29, 1.82) is 0 Å². The number of carbonyl (C=O) groups is 1. The Morgan fingerprint density at radius 2 is 1.64 bits per heavy atom. The predicted molar refractivity (Wildman–Crippen MR) is 148 cm³/mol. The zero-order valence-electron chi connectivity index (χ0n) is 19.6. The maximum atomic E-state index is 12.5. The van der Waals surface area contributed by atoms with Crippen LogP contribution in [0.25, 0.3) is 10.8 Å². The summed E-state index contributed by atoms with van der Waals surface area (Å²) in [5.41, 5.74) is 5.93. The van der Waals surface area contributed by atoms with E-state index in [0.29, 0.717) is 33.5 Å². The van der Waals surface area contributed by atoms with Gasteiger partial charge in [0, 0.05) is 24.3 Å². The van der Waals surface area contributed by atoms with E-state index in [1.807, 2.05) is 48.5 Å². The van der Waals surface area contributed by atoms with Gasteiger partial charge in [-0.05, 0) is 71.1 Å². The number of hydrogen-bond donors (Lipinski definition) is 1. The maximum Gasteiger partial charge on any atom is 0.271 e. The summed E-state index contributed by atoms with van der Waals surface area (Å²) in [6.45, 7) is 2.46. The van der Waals surface area contributed by atoms with Crippen molar-refractivity contribution in [3.63, 3.8) is 0 Å². The predicted octanol–water partition coefficient (Wildman–Crippen LogP) is 7.09. The molecule has 1 N–H and O–H groups in total. The summed E-state index contributed by atoms with van der Waals surface area (Å²) in [4.78, 5) is 14.8. The molecule has 5 nitrogen and oxygen atoms in total. The van der Waals surface area contributed by atoms with Crippen LogP contribution in [0.4, 0.5) is 5.69 Å². The molecule has 0 saturated carbocycles. The molecule has 1 aliphatic heterocycles. The minimum atomic E-state index is -0.286. The fraction of sp³-hybridized carbons (Fsp3) is 0.172. The minimum absolute atomic E-state index is 0.286. The molecule has 5 rings (SSSR count). The molecule has 36 heavy (non-hydrogen) atoms. The van der Waals surface area contributed by atoms with Gasteiger partial charge >= 0.3 is 0 Å². The molecular weight excluding hydrogens is 493 g/mol. The first kappa shape index (κ1) is 24.2. The van der Waals surface area contributed by atoms with Gasteiger partial charge in [0.05, 0.1) is 16.3 Å². The molecule has 1 amide bonds. The van der Waals surface area contributed by atoms with Crippen molar-refractivity contribution in [2.75, 3.05) is 18.0 Å². The Kier molecular flexibility index (Phi) is 7.40. The molecule has 0 radical (unpaired) electrons. The highest BCUT2D eigenvalue weighted by molar-refractivity contribution is 6.37. The average Bonchev–Trinajstić information content (AvgIpc) is 3.43. The number of ether oxygens (including phenoxy) is 1. The maximum absolute atomic E-state index is 12.5. The van der Waals surface area contributed by atoms with Gasteiger partial charge in [-0.15, -0.1) is 0 Å². The highest BCUT2D eigenvalue weighted by atomic mass is 35.5. The van der Waals surface area contributed by atoms with Crippen LogP contribution < -0.4 is 15.1 Å². The normalized spacial score (nSPS) is 13.4. The Morgan fingerprint density at radius 3 is 2.39 bits per heavy atom. The number of anilines is 1. The van der Waals surface area contributed by atoms with Gasteiger partial charge in [-0.1, -0.05) is 65.7 Å². The van der Waals surface area contributed by atoms with E-state index in [1.54, 1.807) is 12.1 Å². The van der Waals surface area contributed by atoms with Gasteiger partial charge in [0.1, 0.15) is 6.61 Å². The highest BCUT2D eigenvalue weighted by Crippen LogP contribution is 2.35. The van der Waals surface area contributed by atoms with Crippen LogP contribution in [0.3, 0.4) is 0 Å². The number of benzene rings is 4. The summed E-state index contributed by atoms with van der Waals surface area (Å²) in [7, 11) is 0. The lowest BCUT2D eigenvalue weighted by molar-refractivity contribution is 0.0955. The fourth-order valence-electron chi connectivity index (χ4n) is 4.39. The first-order chi connectivity index (χ1) is 17.6.